The molecular weight excluding hydrogens is 318 g/mol. The Kier molecular flexibility index (Phi) is 4.80. The van der Waals surface area contributed by atoms with Crippen molar-refractivity contribution in [2.75, 3.05) is 5.73 Å². The van der Waals surface area contributed by atoms with Crippen molar-refractivity contribution in [3.63, 3.8) is 0 Å². The molecule has 0 bridgehead atoms. The molecule has 0 fully saturated rings. The number of hydrazine groups is 1. The van der Waals surface area contributed by atoms with Crippen molar-refractivity contribution in [1.82, 2.24) is 15.2 Å². The third kappa shape index (κ3) is 3.39. The van der Waals surface area contributed by atoms with Crippen LogP contribution in [0.3, 0.4) is 0 Å². The second-order valence-electron chi connectivity index (χ2n) is 5.08. The molecule has 0 saturated heterocycles. The number of rotatable bonds is 5. The summed E-state index contributed by atoms with van der Waals surface area (Å²) in [6.07, 6.45) is 2.68. The number of nitrogen functional groups attached to an aromatic ring is 1. The van der Waals surface area contributed by atoms with Gasteiger partial charge in [-0.25, -0.2) is 0 Å². The highest BCUT2D eigenvalue weighted by Gasteiger charge is 2.16. The van der Waals surface area contributed by atoms with Crippen molar-refractivity contribution in [3.8, 4) is 0 Å². The zero-order valence-electron chi connectivity index (χ0n) is 11.7. The molecule has 0 aliphatic rings. The zero-order chi connectivity index (χ0) is 14.7. The molecular formula is C14H20BrN5. The molecule has 0 saturated carbocycles. The molecule has 0 aliphatic carbocycles. The standard InChI is InChI=1S/C14H20BrN5/c1-9(2)20-6-5-11(19-20)8-14(18-17)12-7-10(15)3-4-13(12)16/h3-7,9,14,18H,8,16-17H2,1-2H3. The number of nitrogens with zero attached hydrogens (tertiary/aromatic N) is 2. The van der Waals surface area contributed by atoms with E-state index in [9.17, 15) is 0 Å². The van der Waals surface area contributed by atoms with Crippen LogP contribution in [0.25, 0.3) is 0 Å². The van der Waals surface area contributed by atoms with Gasteiger partial charge in [0.05, 0.1) is 11.7 Å². The van der Waals surface area contributed by atoms with Crippen LogP contribution in [0.1, 0.15) is 37.2 Å². The first-order chi connectivity index (χ1) is 9.51. The number of hydrogen-bond donors (Lipinski definition) is 3. The molecule has 2 aromatic rings. The Morgan fingerprint density at radius 2 is 2.10 bits per heavy atom. The van der Waals surface area contributed by atoms with E-state index in [1.807, 2.05) is 35.1 Å². The molecule has 1 aromatic heterocycles. The normalized spacial score (nSPS) is 12.8. The van der Waals surface area contributed by atoms with Crippen LogP contribution in [0.15, 0.2) is 34.9 Å². The lowest BCUT2D eigenvalue weighted by Crippen LogP contribution is -2.30. The van der Waals surface area contributed by atoms with Gasteiger partial charge in [0.15, 0.2) is 0 Å². The first kappa shape index (κ1) is 15.0. The average molecular weight is 338 g/mol. The molecule has 1 atom stereocenters. The van der Waals surface area contributed by atoms with E-state index >= 15 is 0 Å². The summed E-state index contributed by atoms with van der Waals surface area (Å²) in [5.41, 5.74) is 11.5. The Bertz CT molecular complexity index is 579. The second-order valence-corrected chi connectivity index (χ2v) is 5.99. The Morgan fingerprint density at radius 1 is 1.35 bits per heavy atom. The topological polar surface area (TPSA) is 81.9 Å². The molecule has 108 valence electrons. The van der Waals surface area contributed by atoms with Crippen LogP contribution in [0, 0.1) is 0 Å². The molecule has 0 spiro atoms. The number of nitrogens with one attached hydrogen (secondary N) is 1. The van der Waals surface area contributed by atoms with Crippen LogP contribution in [-0.2, 0) is 6.42 Å². The smallest absolute Gasteiger partial charge is 0.0644 e. The lowest BCUT2D eigenvalue weighted by molar-refractivity contribution is 0.507. The fraction of sp³-hybridized carbons (Fsp3) is 0.357. The van der Waals surface area contributed by atoms with Gasteiger partial charge in [-0.1, -0.05) is 15.9 Å². The van der Waals surface area contributed by atoms with Gasteiger partial charge in [0.25, 0.3) is 0 Å². The van der Waals surface area contributed by atoms with Crippen molar-refractivity contribution < 1.29 is 0 Å². The van der Waals surface area contributed by atoms with E-state index in [1.54, 1.807) is 0 Å². The van der Waals surface area contributed by atoms with Crippen LogP contribution in [-0.4, -0.2) is 9.78 Å². The first-order valence-corrected chi connectivity index (χ1v) is 7.35. The average Bonchev–Trinajstić information content (AvgIpc) is 2.88. The third-order valence-corrected chi connectivity index (χ3v) is 3.72. The Balaban J connectivity index is 2.21. The Morgan fingerprint density at radius 3 is 2.70 bits per heavy atom. The van der Waals surface area contributed by atoms with Gasteiger partial charge in [0, 0.05) is 28.8 Å². The van der Waals surface area contributed by atoms with E-state index in [1.165, 1.54) is 0 Å². The van der Waals surface area contributed by atoms with Crippen LogP contribution < -0.4 is 17.0 Å². The number of nitrogens with two attached hydrogens (primary N) is 2. The zero-order valence-corrected chi connectivity index (χ0v) is 13.3. The molecule has 0 amide bonds. The fourth-order valence-electron chi connectivity index (χ4n) is 2.09. The van der Waals surface area contributed by atoms with Crippen molar-refractivity contribution >= 4 is 21.6 Å². The molecule has 1 aromatic carbocycles. The fourth-order valence-corrected chi connectivity index (χ4v) is 2.47. The maximum atomic E-state index is 6.03. The summed E-state index contributed by atoms with van der Waals surface area (Å²) < 4.78 is 2.92. The number of anilines is 1. The van der Waals surface area contributed by atoms with E-state index in [0.29, 0.717) is 12.5 Å². The van der Waals surface area contributed by atoms with E-state index in [2.05, 4.69) is 40.3 Å². The van der Waals surface area contributed by atoms with Crippen molar-refractivity contribution in [2.45, 2.75) is 32.4 Å². The van der Waals surface area contributed by atoms with Crippen LogP contribution >= 0.6 is 15.9 Å². The molecule has 0 radical (unpaired) electrons. The lowest BCUT2D eigenvalue weighted by Gasteiger charge is -2.17. The van der Waals surface area contributed by atoms with E-state index in [-0.39, 0.29) is 6.04 Å². The molecule has 6 heteroatoms. The van der Waals surface area contributed by atoms with Crippen molar-refractivity contribution in [3.05, 3.63) is 46.2 Å². The summed E-state index contributed by atoms with van der Waals surface area (Å²) in [5, 5.41) is 4.54. The summed E-state index contributed by atoms with van der Waals surface area (Å²) in [6.45, 7) is 4.20. The van der Waals surface area contributed by atoms with E-state index < -0.39 is 0 Å². The van der Waals surface area contributed by atoms with Gasteiger partial charge in [-0.3, -0.25) is 16.0 Å². The molecule has 5 nitrogen and oxygen atoms in total. The van der Waals surface area contributed by atoms with Gasteiger partial charge >= 0.3 is 0 Å². The minimum absolute atomic E-state index is 0.0667. The predicted molar refractivity (Wildman–Crippen MR) is 84.9 cm³/mol. The highest BCUT2D eigenvalue weighted by atomic mass is 79.9. The molecule has 5 N–H and O–H groups in total. The monoisotopic (exact) mass is 337 g/mol. The van der Waals surface area contributed by atoms with Crippen molar-refractivity contribution in [2.24, 2.45) is 5.84 Å². The van der Waals surface area contributed by atoms with Gasteiger partial charge in [0.2, 0.25) is 0 Å². The summed E-state index contributed by atoms with van der Waals surface area (Å²) in [5.74, 6) is 5.68. The second kappa shape index (κ2) is 6.39. The molecule has 1 unspecified atom stereocenters. The number of aromatic nitrogens is 2. The molecule has 2 rings (SSSR count). The van der Waals surface area contributed by atoms with Crippen LogP contribution in [0.5, 0.6) is 0 Å². The number of hydrogen-bond acceptors (Lipinski definition) is 4. The van der Waals surface area contributed by atoms with Gasteiger partial charge in [0.1, 0.15) is 0 Å². The first-order valence-electron chi connectivity index (χ1n) is 6.56. The highest BCUT2D eigenvalue weighted by molar-refractivity contribution is 9.10. The van der Waals surface area contributed by atoms with Crippen LogP contribution in [0.4, 0.5) is 5.69 Å². The van der Waals surface area contributed by atoms with E-state index in [0.717, 1.165) is 21.4 Å². The Labute approximate surface area is 127 Å². The number of benzene rings is 1. The lowest BCUT2D eigenvalue weighted by atomic mass is 10.0. The van der Waals surface area contributed by atoms with Gasteiger partial charge in [-0.05, 0) is 43.7 Å². The SMILES string of the molecule is CC(C)n1ccc(CC(NN)c2cc(Br)ccc2N)n1. The highest BCUT2D eigenvalue weighted by Crippen LogP contribution is 2.26. The minimum Gasteiger partial charge on any atom is -0.398 e. The van der Waals surface area contributed by atoms with Gasteiger partial charge in [-0.2, -0.15) is 5.10 Å². The third-order valence-electron chi connectivity index (χ3n) is 3.23. The summed E-state index contributed by atoms with van der Waals surface area (Å²) in [6, 6.07) is 8.07. The van der Waals surface area contributed by atoms with Crippen molar-refractivity contribution in [1.29, 1.82) is 0 Å². The number of halogens is 1. The Hall–Kier alpha value is -1.37. The molecule has 0 aliphatic heterocycles. The summed E-state index contributed by atoms with van der Waals surface area (Å²) in [4.78, 5) is 0. The minimum atomic E-state index is -0.0667. The summed E-state index contributed by atoms with van der Waals surface area (Å²) in [7, 11) is 0. The molecule has 1 heterocycles. The largest absolute Gasteiger partial charge is 0.398 e. The molecule has 20 heavy (non-hydrogen) atoms. The quantitative estimate of drug-likeness (QED) is 0.445. The maximum absolute atomic E-state index is 6.03. The van der Waals surface area contributed by atoms with Gasteiger partial charge in [-0.15, -0.1) is 0 Å². The maximum Gasteiger partial charge on any atom is 0.0644 e. The van der Waals surface area contributed by atoms with E-state index in [4.69, 9.17) is 11.6 Å². The van der Waals surface area contributed by atoms with Crippen LogP contribution in [0.2, 0.25) is 0 Å². The predicted octanol–water partition coefficient (Wildman–Crippen LogP) is 2.56. The summed E-state index contributed by atoms with van der Waals surface area (Å²) >= 11 is 3.46. The van der Waals surface area contributed by atoms with Gasteiger partial charge < -0.3 is 5.73 Å².